The van der Waals surface area contributed by atoms with Crippen LogP contribution in [0.15, 0.2) is 48.5 Å². The van der Waals surface area contributed by atoms with Crippen LogP contribution in [-0.2, 0) is 16.0 Å². The number of hydrogen-bond donors (Lipinski definition) is 1. The molecule has 0 aromatic heterocycles. The first kappa shape index (κ1) is 21.7. The van der Waals surface area contributed by atoms with Crippen molar-refractivity contribution in [3.63, 3.8) is 0 Å². The third-order valence-corrected chi connectivity index (χ3v) is 4.51. The SMILES string of the molecule is CN(C)C(=O)CCc1ccc(Oc2ccc(C(NCl)C(=O)N(C)C)cc2)cc1. The molecule has 150 valence electrons. The summed E-state index contributed by atoms with van der Waals surface area (Å²) in [5, 5.41) is 0. The molecule has 0 fully saturated rings. The molecule has 7 heteroatoms. The topological polar surface area (TPSA) is 61.9 Å². The third-order valence-electron chi connectivity index (χ3n) is 4.30. The van der Waals surface area contributed by atoms with Gasteiger partial charge in [0.1, 0.15) is 17.5 Å². The van der Waals surface area contributed by atoms with E-state index in [9.17, 15) is 9.59 Å². The number of amides is 2. The molecule has 0 radical (unpaired) electrons. The maximum Gasteiger partial charge on any atom is 0.244 e. The number of hydrogen-bond acceptors (Lipinski definition) is 4. The van der Waals surface area contributed by atoms with Crippen molar-refractivity contribution in [2.75, 3.05) is 28.2 Å². The largest absolute Gasteiger partial charge is 0.457 e. The van der Waals surface area contributed by atoms with Gasteiger partial charge in [-0.25, -0.2) is 4.84 Å². The highest BCUT2D eigenvalue weighted by atomic mass is 35.5. The van der Waals surface area contributed by atoms with Gasteiger partial charge in [0.15, 0.2) is 0 Å². The second-order valence-electron chi connectivity index (χ2n) is 6.88. The fraction of sp³-hybridized carbons (Fsp3) is 0.333. The van der Waals surface area contributed by atoms with Crippen molar-refractivity contribution in [3.8, 4) is 11.5 Å². The van der Waals surface area contributed by atoms with Crippen LogP contribution in [-0.4, -0.2) is 49.8 Å². The van der Waals surface area contributed by atoms with Gasteiger partial charge in [0, 0.05) is 34.6 Å². The van der Waals surface area contributed by atoms with Gasteiger partial charge in [0.25, 0.3) is 0 Å². The van der Waals surface area contributed by atoms with Crippen LogP contribution in [0.1, 0.15) is 23.6 Å². The van der Waals surface area contributed by atoms with E-state index in [1.165, 1.54) is 4.90 Å². The first-order valence-electron chi connectivity index (χ1n) is 8.96. The normalized spacial score (nSPS) is 11.6. The molecule has 0 heterocycles. The van der Waals surface area contributed by atoms with Crippen molar-refractivity contribution in [3.05, 3.63) is 59.7 Å². The van der Waals surface area contributed by atoms with Crippen LogP contribution in [0, 0.1) is 0 Å². The Bertz CT molecular complexity index is 790. The van der Waals surface area contributed by atoms with Crippen LogP contribution in [0.2, 0.25) is 0 Å². The number of aryl methyl sites for hydroxylation is 1. The van der Waals surface area contributed by atoms with E-state index in [0.29, 0.717) is 24.3 Å². The van der Waals surface area contributed by atoms with Crippen molar-refractivity contribution in [1.29, 1.82) is 0 Å². The molecule has 2 rings (SSSR count). The van der Waals surface area contributed by atoms with E-state index in [1.807, 2.05) is 24.3 Å². The fourth-order valence-corrected chi connectivity index (χ4v) is 2.79. The molecule has 0 aliphatic rings. The van der Waals surface area contributed by atoms with E-state index < -0.39 is 6.04 Å². The number of nitrogens with one attached hydrogen (secondary N) is 1. The summed E-state index contributed by atoms with van der Waals surface area (Å²) in [5.41, 5.74) is 1.83. The van der Waals surface area contributed by atoms with Crippen LogP contribution in [0.5, 0.6) is 11.5 Å². The monoisotopic (exact) mass is 403 g/mol. The molecular formula is C21H26ClN3O3. The summed E-state index contributed by atoms with van der Waals surface area (Å²) in [4.78, 5) is 29.4. The Kier molecular flexibility index (Phi) is 7.84. The maximum atomic E-state index is 12.1. The molecule has 6 nitrogen and oxygen atoms in total. The number of carbonyl (C=O) groups is 2. The van der Waals surface area contributed by atoms with Crippen molar-refractivity contribution >= 4 is 23.6 Å². The van der Waals surface area contributed by atoms with Gasteiger partial charge < -0.3 is 14.5 Å². The lowest BCUT2D eigenvalue weighted by atomic mass is 10.1. The number of benzene rings is 2. The zero-order chi connectivity index (χ0) is 20.7. The molecule has 2 amide bonds. The molecule has 0 bridgehead atoms. The summed E-state index contributed by atoms with van der Waals surface area (Å²) in [5.74, 6) is 1.33. The number of likely N-dealkylation sites (N-methyl/N-ethyl adjacent to an activating group) is 1. The molecule has 1 N–H and O–H groups in total. The van der Waals surface area contributed by atoms with Crippen LogP contribution in [0.4, 0.5) is 0 Å². The van der Waals surface area contributed by atoms with Crippen molar-refractivity contribution < 1.29 is 14.3 Å². The van der Waals surface area contributed by atoms with Gasteiger partial charge in [0.2, 0.25) is 11.8 Å². The predicted octanol–water partition coefficient (Wildman–Crippen LogP) is 3.37. The minimum atomic E-state index is -0.616. The summed E-state index contributed by atoms with van der Waals surface area (Å²) < 4.78 is 5.85. The highest BCUT2D eigenvalue weighted by Gasteiger charge is 2.21. The van der Waals surface area contributed by atoms with Gasteiger partial charge in [0.05, 0.1) is 0 Å². The third kappa shape index (κ3) is 5.97. The van der Waals surface area contributed by atoms with Gasteiger partial charge >= 0.3 is 0 Å². The number of rotatable bonds is 8. The minimum Gasteiger partial charge on any atom is -0.457 e. The van der Waals surface area contributed by atoms with Gasteiger partial charge in [-0.2, -0.15) is 0 Å². The molecule has 2 aromatic carbocycles. The fourth-order valence-electron chi connectivity index (χ4n) is 2.57. The number of carbonyl (C=O) groups excluding carboxylic acids is 2. The first-order valence-corrected chi connectivity index (χ1v) is 9.34. The van der Waals surface area contributed by atoms with E-state index in [0.717, 1.165) is 11.1 Å². The zero-order valence-electron chi connectivity index (χ0n) is 16.6. The van der Waals surface area contributed by atoms with Crippen LogP contribution < -0.4 is 9.57 Å². The van der Waals surface area contributed by atoms with Crippen LogP contribution in [0.25, 0.3) is 0 Å². The van der Waals surface area contributed by atoms with Crippen molar-refractivity contribution in [2.45, 2.75) is 18.9 Å². The van der Waals surface area contributed by atoms with Gasteiger partial charge in [-0.05, 0) is 53.6 Å². The van der Waals surface area contributed by atoms with Gasteiger partial charge in [-0.1, -0.05) is 24.3 Å². The first-order chi connectivity index (χ1) is 13.3. The lowest BCUT2D eigenvalue weighted by Crippen LogP contribution is -2.33. The van der Waals surface area contributed by atoms with Crippen molar-refractivity contribution in [1.82, 2.24) is 14.6 Å². The molecular weight excluding hydrogens is 378 g/mol. The molecule has 28 heavy (non-hydrogen) atoms. The van der Waals surface area contributed by atoms with E-state index in [2.05, 4.69) is 4.84 Å². The Labute approximate surface area is 171 Å². The summed E-state index contributed by atoms with van der Waals surface area (Å²) >= 11 is 5.74. The summed E-state index contributed by atoms with van der Waals surface area (Å²) in [6.07, 6.45) is 1.18. The second kappa shape index (κ2) is 10.1. The highest BCUT2D eigenvalue weighted by molar-refractivity contribution is 6.15. The molecule has 2 aromatic rings. The Morgan fingerprint density at radius 2 is 1.46 bits per heavy atom. The summed E-state index contributed by atoms with van der Waals surface area (Å²) in [6, 6.07) is 14.2. The highest BCUT2D eigenvalue weighted by Crippen LogP contribution is 2.25. The Balaban J connectivity index is 1.98. The lowest BCUT2D eigenvalue weighted by molar-refractivity contribution is -0.130. The quantitative estimate of drug-likeness (QED) is 0.686. The lowest BCUT2D eigenvalue weighted by Gasteiger charge is -2.19. The molecule has 1 unspecified atom stereocenters. The van der Waals surface area contributed by atoms with E-state index >= 15 is 0 Å². The molecule has 0 saturated heterocycles. The zero-order valence-corrected chi connectivity index (χ0v) is 17.4. The van der Waals surface area contributed by atoms with E-state index in [4.69, 9.17) is 16.5 Å². The molecule has 0 saturated carbocycles. The standard InChI is InChI=1S/C21H26ClN3O3/c1-24(2)19(26)14-7-15-5-10-17(11-6-15)28-18-12-8-16(9-13-18)20(23-22)21(27)25(3)4/h5-6,8-13,20,23H,7,14H2,1-4H3. The van der Waals surface area contributed by atoms with Gasteiger partial charge in [-0.15, -0.1) is 0 Å². The Morgan fingerprint density at radius 1 is 0.929 bits per heavy atom. The summed E-state index contributed by atoms with van der Waals surface area (Å²) in [6.45, 7) is 0. The number of ether oxygens (including phenoxy) is 1. The minimum absolute atomic E-state index is 0.109. The molecule has 0 spiro atoms. The smallest absolute Gasteiger partial charge is 0.244 e. The maximum absolute atomic E-state index is 12.1. The molecule has 0 aliphatic heterocycles. The number of halogens is 1. The van der Waals surface area contributed by atoms with E-state index in [1.54, 1.807) is 57.4 Å². The van der Waals surface area contributed by atoms with Crippen LogP contribution in [0.3, 0.4) is 0 Å². The molecule has 0 aliphatic carbocycles. The predicted molar refractivity (Wildman–Crippen MR) is 110 cm³/mol. The van der Waals surface area contributed by atoms with Gasteiger partial charge in [-0.3, -0.25) is 9.59 Å². The van der Waals surface area contributed by atoms with Crippen LogP contribution >= 0.6 is 11.8 Å². The Hall–Kier alpha value is -2.57. The molecule has 1 atom stereocenters. The Morgan fingerprint density at radius 3 is 1.93 bits per heavy atom. The average Bonchev–Trinajstić information content (AvgIpc) is 2.68. The van der Waals surface area contributed by atoms with E-state index in [-0.39, 0.29) is 11.8 Å². The second-order valence-corrected chi connectivity index (χ2v) is 7.10. The number of nitrogens with zero attached hydrogens (tertiary/aromatic N) is 2. The summed E-state index contributed by atoms with van der Waals surface area (Å²) in [7, 11) is 6.88. The van der Waals surface area contributed by atoms with Crippen molar-refractivity contribution in [2.24, 2.45) is 0 Å². The average molecular weight is 404 g/mol.